The van der Waals surface area contributed by atoms with Gasteiger partial charge in [0.15, 0.2) is 11.9 Å². The van der Waals surface area contributed by atoms with Gasteiger partial charge in [-0.1, -0.05) is 18.6 Å². The maximum absolute atomic E-state index is 5.85. The third-order valence-electron chi connectivity index (χ3n) is 4.30. The second kappa shape index (κ2) is 5.75. The Morgan fingerprint density at radius 1 is 1.14 bits per heavy atom. The fourth-order valence-electron chi connectivity index (χ4n) is 3.28. The zero-order valence-corrected chi connectivity index (χ0v) is 12.0. The number of hydrogen-bond donors (Lipinski definition) is 0. The lowest BCUT2D eigenvalue weighted by Crippen LogP contribution is -2.46. The van der Waals surface area contributed by atoms with Crippen LogP contribution in [0.5, 0.6) is 0 Å². The molecule has 3 heterocycles. The second-order valence-electron chi connectivity index (χ2n) is 5.72. The van der Waals surface area contributed by atoms with Crippen LogP contribution in [-0.2, 0) is 16.0 Å². The molecule has 0 radical (unpaired) electrons. The lowest BCUT2D eigenvalue weighted by molar-refractivity contribution is -0.112. The van der Waals surface area contributed by atoms with Gasteiger partial charge in [-0.3, -0.25) is 4.90 Å². The summed E-state index contributed by atoms with van der Waals surface area (Å²) >= 11 is 0. The first kappa shape index (κ1) is 13.2. The van der Waals surface area contributed by atoms with Crippen LogP contribution in [0.1, 0.15) is 25.2 Å². The maximum atomic E-state index is 5.85. The van der Waals surface area contributed by atoms with E-state index in [-0.39, 0.29) is 6.29 Å². The molecule has 1 aromatic heterocycles. The van der Waals surface area contributed by atoms with E-state index in [1.807, 2.05) is 24.3 Å². The average Bonchev–Trinajstić information content (AvgIpc) is 3.16. The molecule has 2 fully saturated rings. The van der Waals surface area contributed by atoms with Gasteiger partial charge in [0.2, 0.25) is 5.89 Å². The Hall–Kier alpha value is -1.43. The number of hydrogen-bond acceptors (Lipinski definition) is 5. The Morgan fingerprint density at radius 3 is 2.86 bits per heavy atom. The van der Waals surface area contributed by atoms with E-state index in [2.05, 4.69) is 9.88 Å². The smallest absolute Gasteiger partial charge is 0.209 e. The van der Waals surface area contributed by atoms with E-state index in [0.717, 1.165) is 36.5 Å². The van der Waals surface area contributed by atoms with Crippen molar-refractivity contribution in [1.82, 2.24) is 9.88 Å². The topological polar surface area (TPSA) is 47.7 Å². The lowest BCUT2D eigenvalue weighted by atomic mass is 10.0. The SMILES string of the molecule is c1ccc2oc(CN3CCCC[C@@H]3C3OCCO3)nc2c1. The Morgan fingerprint density at radius 2 is 2.00 bits per heavy atom. The molecule has 0 N–H and O–H groups in total. The average molecular weight is 288 g/mol. The van der Waals surface area contributed by atoms with Gasteiger partial charge >= 0.3 is 0 Å². The van der Waals surface area contributed by atoms with Crippen LogP contribution in [0.15, 0.2) is 28.7 Å². The van der Waals surface area contributed by atoms with Gasteiger partial charge in [-0.05, 0) is 31.5 Å². The molecule has 5 nitrogen and oxygen atoms in total. The highest BCUT2D eigenvalue weighted by molar-refractivity contribution is 5.72. The molecule has 2 aliphatic rings. The van der Waals surface area contributed by atoms with E-state index in [4.69, 9.17) is 13.9 Å². The predicted octanol–water partition coefficient (Wildman–Crippen LogP) is 2.56. The molecule has 21 heavy (non-hydrogen) atoms. The number of aromatic nitrogens is 1. The maximum Gasteiger partial charge on any atom is 0.209 e. The minimum absolute atomic E-state index is 0.0883. The van der Waals surface area contributed by atoms with Crippen LogP contribution in [0.25, 0.3) is 11.1 Å². The van der Waals surface area contributed by atoms with Gasteiger partial charge < -0.3 is 13.9 Å². The molecule has 2 aliphatic heterocycles. The van der Waals surface area contributed by atoms with Gasteiger partial charge in [0.1, 0.15) is 5.52 Å². The third kappa shape index (κ3) is 2.69. The summed E-state index contributed by atoms with van der Waals surface area (Å²) in [6, 6.07) is 8.22. The number of piperidine rings is 1. The minimum Gasteiger partial charge on any atom is -0.439 e. The number of para-hydroxylation sites is 2. The van der Waals surface area contributed by atoms with Crippen LogP contribution < -0.4 is 0 Å². The predicted molar refractivity (Wildman–Crippen MR) is 77.8 cm³/mol. The Balaban J connectivity index is 1.53. The van der Waals surface area contributed by atoms with Crippen molar-refractivity contribution in [3.8, 4) is 0 Å². The molecule has 4 rings (SSSR count). The second-order valence-corrected chi connectivity index (χ2v) is 5.72. The molecule has 0 aliphatic carbocycles. The zero-order chi connectivity index (χ0) is 14.1. The molecule has 1 atom stereocenters. The summed E-state index contributed by atoms with van der Waals surface area (Å²) in [7, 11) is 0. The van der Waals surface area contributed by atoms with Gasteiger partial charge in [-0.15, -0.1) is 0 Å². The molecule has 112 valence electrons. The number of ether oxygens (including phenoxy) is 2. The molecular formula is C16H20N2O3. The number of fused-ring (bicyclic) bond motifs is 1. The normalized spacial score (nSPS) is 24.9. The molecule has 0 bridgehead atoms. The highest BCUT2D eigenvalue weighted by Crippen LogP contribution is 2.26. The fraction of sp³-hybridized carbons (Fsp3) is 0.562. The van der Waals surface area contributed by atoms with Gasteiger partial charge in [-0.2, -0.15) is 0 Å². The van der Waals surface area contributed by atoms with Gasteiger partial charge in [0.05, 0.1) is 25.8 Å². The monoisotopic (exact) mass is 288 g/mol. The van der Waals surface area contributed by atoms with Crippen molar-refractivity contribution < 1.29 is 13.9 Å². The van der Waals surface area contributed by atoms with Crippen LogP contribution in [0, 0.1) is 0 Å². The van der Waals surface area contributed by atoms with E-state index in [1.165, 1.54) is 12.8 Å². The van der Waals surface area contributed by atoms with Crippen molar-refractivity contribution in [2.75, 3.05) is 19.8 Å². The first-order valence-electron chi connectivity index (χ1n) is 7.72. The van der Waals surface area contributed by atoms with E-state index in [1.54, 1.807) is 0 Å². The molecule has 0 unspecified atom stereocenters. The highest BCUT2D eigenvalue weighted by atomic mass is 16.7. The Kier molecular flexibility index (Phi) is 3.63. The number of oxazole rings is 1. The zero-order valence-electron chi connectivity index (χ0n) is 12.0. The first-order valence-corrected chi connectivity index (χ1v) is 7.72. The van der Waals surface area contributed by atoms with Crippen molar-refractivity contribution in [2.24, 2.45) is 0 Å². The van der Waals surface area contributed by atoms with E-state index in [9.17, 15) is 0 Å². The Labute approximate surface area is 123 Å². The van der Waals surface area contributed by atoms with Crippen LogP contribution >= 0.6 is 0 Å². The van der Waals surface area contributed by atoms with Crippen LogP contribution in [0.4, 0.5) is 0 Å². The minimum atomic E-state index is -0.0883. The van der Waals surface area contributed by atoms with Crippen molar-refractivity contribution in [1.29, 1.82) is 0 Å². The third-order valence-corrected chi connectivity index (χ3v) is 4.30. The standard InChI is InChI=1S/C16H20N2O3/c1-2-7-14-12(5-1)17-15(21-14)11-18-8-4-3-6-13(18)16-19-9-10-20-16/h1-2,5,7,13,16H,3-4,6,8-11H2/t13-/m1/s1. The molecule has 0 saturated carbocycles. The summed E-state index contributed by atoms with van der Waals surface area (Å²) in [6.07, 6.45) is 3.47. The molecule has 2 aromatic rings. The summed E-state index contributed by atoms with van der Waals surface area (Å²) in [5, 5.41) is 0. The summed E-state index contributed by atoms with van der Waals surface area (Å²) in [4.78, 5) is 6.97. The summed E-state index contributed by atoms with van der Waals surface area (Å²) in [5.74, 6) is 0.779. The fourth-order valence-corrected chi connectivity index (χ4v) is 3.28. The highest BCUT2D eigenvalue weighted by Gasteiger charge is 2.34. The molecule has 1 aromatic carbocycles. The van der Waals surface area contributed by atoms with Gasteiger partial charge in [-0.25, -0.2) is 4.98 Å². The lowest BCUT2D eigenvalue weighted by Gasteiger charge is -2.37. The number of rotatable bonds is 3. The summed E-state index contributed by atoms with van der Waals surface area (Å²) in [6.45, 7) is 3.19. The molecule has 5 heteroatoms. The molecule has 2 saturated heterocycles. The summed E-state index contributed by atoms with van der Waals surface area (Å²) < 4.78 is 17.3. The molecule has 0 spiro atoms. The van der Waals surface area contributed by atoms with Crippen LogP contribution in [0.2, 0.25) is 0 Å². The van der Waals surface area contributed by atoms with E-state index >= 15 is 0 Å². The molecular weight excluding hydrogens is 268 g/mol. The van der Waals surface area contributed by atoms with Crippen LogP contribution in [0.3, 0.4) is 0 Å². The summed E-state index contributed by atoms with van der Waals surface area (Å²) in [5.41, 5.74) is 1.78. The first-order chi connectivity index (χ1) is 10.4. The van der Waals surface area contributed by atoms with Crippen molar-refractivity contribution in [3.05, 3.63) is 30.2 Å². The number of benzene rings is 1. The van der Waals surface area contributed by atoms with Crippen LogP contribution in [-0.4, -0.2) is 42.0 Å². The van der Waals surface area contributed by atoms with Gasteiger partial charge in [0, 0.05) is 0 Å². The molecule has 0 amide bonds. The largest absolute Gasteiger partial charge is 0.439 e. The van der Waals surface area contributed by atoms with E-state index in [0.29, 0.717) is 19.3 Å². The van der Waals surface area contributed by atoms with Crippen molar-refractivity contribution >= 4 is 11.1 Å². The quantitative estimate of drug-likeness (QED) is 0.868. The number of nitrogens with zero attached hydrogens (tertiary/aromatic N) is 2. The number of likely N-dealkylation sites (tertiary alicyclic amines) is 1. The van der Waals surface area contributed by atoms with Crippen molar-refractivity contribution in [3.63, 3.8) is 0 Å². The van der Waals surface area contributed by atoms with E-state index < -0.39 is 0 Å². The Bertz CT molecular complexity index is 573. The van der Waals surface area contributed by atoms with Gasteiger partial charge in [0.25, 0.3) is 0 Å². The van der Waals surface area contributed by atoms with Crippen molar-refractivity contribution in [2.45, 2.75) is 38.1 Å².